The van der Waals surface area contributed by atoms with Gasteiger partial charge in [-0.15, -0.1) is 0 Å². The summed E-state index contributed by atoms with van der Waals surface area (Å²) in [6.45, 7) is 0.925. The lowest BCUT2D eigenvalue weighted by Gasteiger charge is -2.10. The molecule has 0 spiro atoms. The molecule has 0 aliphatic carbocycles. The van der Waals surface area contributed by atoms with Crippen LogP contribution in [0.4, 0.5) is 19.3 Å². The number of aliphatic hydroxyl groups excluding tert-OH is 1. The second-order valence-corrected chi connectivity index (χ2v) is 3.52. The summed E-state index contributed by atoms with van der Waals surface area (Å²) >= 11 is 0. The van der Waals surface area contributed by atoms with E-state index in [0.29, 0.717) is 5.69 Å². The standard InChI is InChI=1S/C9H14F2N4O2/c1-6(5-16)13-9(17)14-7-2-12-15(3-7)4-8(10)11/h2-3,6,8,16H,4-5H2,1H3,(H2,13,14,17)/t6-/m0/s1. The molecule has 2 amide bonds. The Morgan fingerprint density at radius 1 is 1.65 bits per heavy atom. The van der Waals surface area contributed by atoms with E-state index in [1.54, 1.807) is 6.92 Å². The molecule has 0 saturated heterocycles. The maximum absolute atomic E-state index is 12.0. The van der Waals surface area contributed by atoms with Crippen molar-refractivity contribution in [2.75, 3.05) is 11.9 Å². The normalized spacial score (nSPS) is 12.5. The van der Waals surface area contributed by atoms with Gasteiger partial charge < -0.3 is 15.7 Å². The minimum absolute atomic E-state index is 0.182. The molecule has 1 aromatic rings. The quantitative estimate of drug-likeness (QED) is 0.715. The number of anilines is 1. The van der Waals surface area contributed by atoms with Crippen LogP contribution in [0, 0.1) is 0 Å². The number of urea groups is 1. The number of alkyl halides is 2. The highest BCUT2D eigenvalue weighted by molar-refractivity contribution is 5.89. The Balaban J connectivity index is 2.46. The van der Waals surface area contributed by atoms with Crippen molar-refractivity contribution in [3.05, 3.63) is 12.4 Å². The maximum Gasteiger partial charge on any atom is 0.319 e. The number of aromatic nitrogens is 2. The molecule has 1 rings (SSSR count). The second-order valence-electron chi connectivity index (χ2n) is 3.52. The molecule has 0 aliphatic rings. The molecule has 0 aromatic carbocycles. The SMILES string of the molecule is C[C@@H](CO)NC(=O)Nc1cnn(CC(F)F)c1. The molecule has 3 N–H and O–H groups in total. The van der Waals surface area contributed by atoms with Crippen molar-refractivity contribution in [1.82, 2.24) is 15.1 Å². The summed E-state index contributed by atoms with van der Waals surface area (Å²) in [4.78, 5) is 11.3. The second kappa shape index (κ2) is 6.14. The summed E-state index contributed by atoms with van der Waals surface area (Å²) in [7, 11) is 0. The van der Waals surface area contributed by atoms with Crippen molar-refractivity contribution in [2.45, 2.75) is 25.9 Å². The van der Waals surface area contributed by atoms with Crippen LogP contribution in [0.2, 0.25) is 0 Å². The van der Waals surface area contributed by atoms with Crippen LogP contribution in [0.5, 0.6) is 0 Å². The fourth-order valence-corrected chi connectivity index (χ4v) is 1.11. The fourth-order valence-electron chi connectivity index (χ4n) is 1.11. The van der Waals surface area contributed by atoms with Crippen molar-refractivity contribution in [3.8, 4) is 0 Å². The van der Waals surface area contributed by atoms with Gasteiger partial charge in [0.05, 0.1) is 24.5 Å². The number of carbonyl (C=O) groups is 1. The molecule has 0 saturated carbocycles. The molecule has 17 heavy (non-hydrogen) atoms. The van der Waals surface area contributed by atoms with Crippen LogP contribution in [0.1, 0.15) is 6.92 Å². The van der Waals surface area contributed by atoms with E-state index < -0.39 is 19.0 Å². The molecule has 1 aromatic heterocycles. The average molecular weight is 248 g/mol. The summed E-state index contributed by atoms with van der Waals surface area (Å²) < 4.78 is 25.1. The minimum Gasteiger partial charge on any atom is -0.394 e. The third kappa shape index (κ3) is 4.77. The molecule has 0 bridgehead atoms. The van der Waals surface area contributed by atoms with Crippen LogP contribution < -0.4 is 10.6 Å². The van der Waals surface area contributed by atoms with Gasteiger partial charge >= 0.3 is 6.03 Å². The van der Waals surface area contributed by atoms with Crippen LogP contribution in [-0.4, -0.2) is 40.0 Å². The number of hydrogen-bond donors (Lipinski definition) is 3. The van der Waals surface area contributed by atoms with E-state index in [1.807, 2.05) is 0 Å². The Hall–Kier alpha value is -1.70. The molecule has 0 aliphatic heterocycles. The first-order valence-electron chi connectivity index (χ1n) is 5.00. The minimum atomic E-state index is -2.49. The summed E-state index contributed by atoms with van der Waals surface area (Å²) in [5, 5.41) is 17.2. The van der Waals surface area contributed by atoms with Gasteiger partial charge in [-0.1, -0.05) is 0 Å². The van der Waals surface area contributed by atoms with Gasteiger partial charge in [0, 0.05) is 6.20 Å². The van der Waals surface area contributed by atoms with Gasteiger partial charge in [0.15, 0.2) is 0 Å². The lowest BCUT2D eigenvalue weighted by atomic mass is 10.4. The van der Waals surface area contributed by atoms with E-state index in [0.717, 1.165) is 4.68 Å². The highest BCUT2D eigenvalue weighted by Crippen LogP contribution is 2.06. The van der Waals surface area contributed by atoms with Crippen molar-refractivity contribution >= 4 is 11.7 Å². The van der Waals surface area contributed by atoms with Crippen molar-refractivity contribution in [2.24, 2.45) is 0 Å². The first kappa shape index (κ1) is 13.4. The number of nitrogens with one attached hydrogen (secondary N) is 2. The van der Waals surface area contributed by atoms with E-state index in [1.165, 1.54) is 12.4 Å². The lowest BCUT2D eigenvalue weighted by molar-refractivity contribution is 0.122. The van der Waals surface area contributed by atoms with Crippen LogP contribution in [0.25, 0.3) is 0 Å². The molecule has 1 heterocycles. The van der Waals surface area contributed by atoms with Gasteiger partial charge in [-0.3, -0.25) is 4.68 Å². The zero-order valence-corrected chi connectivity index (χ0v) is 9.23. The zero-order valence-electron chi connectivity index (χ0n) is 9.23. The van der Waals surface area contributed by atoms with Crippen LogP contribution in [0.3, 0.4) is 0 Å². The predicted octanol–water partition coefficient (Wildman–Crippen LogP) is 0.650. The molecule has 0 fully saturated rings. The zero-order chi connectivity index (χ0) is 12.8. The van der Waals surface area contributed by atoms with Gasteiger partial charge in [0.2, 0.25) is 0 Å². The highest BCUT2D eigenvalue weighted by Gasteiger charge is 2.09. The summed E-state index contributed by atoms with van der Waals surface area (Å²) in [6, 6.07) is -0.908. The molecular weight excluding hydrogens is 234 g/mol. The number of nitrogens with zero attached hydrogens (tertiary/aromatic N) is 2. The Bertz CT molecular complexity index is 370. The third-order valence-electron chi connectivity index (χ3n) is 1.87. The Morgan fingerprint density at radius 3 is 2.94 bits per heavy atom. The number of amides is 2. The first-order chi connectivity index (χ1) is 8.01. The molecule has 0 radical (unpaired) electrons. The van der Waals surface area contributed by atoms with Crippen molar-refractivity contribution in [3.63, 3.8) is 0 Å². The monoisotopic (exact) mass is 248 g/mol. The van der Waals surface area contributed by atoms with Gasteiger partial charge in [-0.25, -0.2) is 13.6 Å². The number of halogens is 2. The van der Waals surface area contributed by atoms with Gasteiger partial charge in [-0.05, 0) is 6.92 Å². The highest BCUT2D eigenvalue weighted by atomic mass is 19.3. The topological polar surface area (TPSA) is 79.2 Å². The number of carbonyl (C=O) groups excluding carboxylic acids is 1. The van der Waals surface area contributed by atoms with Crippen molar-refractivity contribution < 1.29 is 18.7 Å². The maximum atomic E-state index is 12.0. The Labute approximate surface area is 96.6 Å². The van der Waals surface area contributed by atoms with Gasteiger partial charge in [0.1, 0.15) is 6.54 Å². The van der Waals surface area contributed by atoms with E-state index >= 15 is 0 Å². The van der Waals surface area contributed by atoms with E-state index in [9.17, 15) is 13.6 Å². The number of hydrogen-bond acceptors (Lipinski definition) is 3. The number of aliphatic hydroxyl groups is 1. The molecule has 1 atom stereocenters. The van der Waals surface area contributed by atoms with E-state index in [2.05, 4.69) is 15.7 Å². The molecular formula is C9H14F2N4O2. The van der Waals surface area contributed by atoms with Crippen molar-refractivity contribution in [1.29, 1.82) is 0 Å². The number of rotatable bonds is 5. The predicted molar refractivity (Wildman–Crippen MR) is 56.9 cm³/mol. The molecule has 96 valence electrons. The Morgan fingerprint density at radius 2 is 2.35 bits per heavy atom. The summed E-state index contributed by atoms with van der Waals surface area (Å²) in [5.74, 6) is 0. The molecule has 6 nitrogen and oxygen atoms in total. The van der Waals surface area contributed by atoms with Crippen LogP contribution in [-0.2, 0) is 6.54 Å². The van der Waals surface area contributed by atoms with E-state index in [-0.39, 0.29) is 12.6 Å². The van der Waals surface area contributed by atoms with Crippen LogP contribution in [0.15, 0.2) is 12.4 Å². The summed E-state index contributed by atoms with van der Waals surface area (Å²) in [5.41, 5.74) is 0.313. The Kier molecular flexibility index (Phi) is 4.83. The average Bonchev–Trinajstić information content (AvgIpc) is 2.63. The third-order valence-corrected chi connectivity index (χ3v) is 1.87. The molecule has 0 unspecified atom stereocenters. The van der Waals surface area contributed by atoms with Gasteiger partial charge in [0.25, 0.3) is 6.43 Å². The lowest BCUT2D eigenvalue weighted by Crippen LogP contribution is -2.38. The molecule has 8 heteroatoms. The smallest absolute Gasteiger partial charge is 0.319 e. The summed E-state index contributed by atoms with van der Waals surface area (Å²) in [6.07, 6.45) is 0.0759. The van der Waals surface area contributed by atoms with Gasteiger partial charge in [-0.2, -0.15) is 5.10 Å². The van der Waals surface area contributed by atoms with E-state index in [4.69, 9.17) is 5.11 Å². The largest absolute Gasteiger partial charge is 0.394 e. The first-order valence-corrected chi connectivity index (χ1v) is 5.00. The fraction of sp³-hybridized carbons (Fsp3) is 0.556. The van der Waals surface area contributed by atoms with Crippen LogP contribution >= 0.6 is 0 Å².